The van der Waals surface area contributed by atoms with E-state index in [1.165, 1.54) is 6.92 Å². The van der Waals surface area contributed by atoms with Crippen molar-refractivity contribution in [3.05, 3.63) is 0 Å². The predicted molar refractivity (Wildman–Crippen MR) is 67.3 cm³/mol. The number of rotatable bonds is 6. The van der Waals surface area contributed by atoms with Gasteiger partial charge in [-0.25, -0.2) is 0 Å². The molecular formula is C12H24O8. The van der Waals surface area contributed by atoms with Gasteiger partial charge in [0, 0.05) is 6.92 Å². The highest BCUT2D eigenvalue weighted by Crippen LogP contribution is 2.38. The van der Waals surface area contributed by atoms with Crippen LogP contribution >= 0.6 is 0 Å². The van der Waals surface area contributed by atoms with Crippen molar-refractivity contribution in [1.29, 1.82) is 0 Å². The second-order valence-corrected chi connectivity index (χ2v) is 5.51. The summed E-state index contributed by atoms with van der Waals surface area (Å²) in [5, 5.41) is 59.5. The zero-order chi connectivity index (χ0) is 16.5. The van der Waals surface area contributed by atoms with Crippen molar-refractivity contribution in [2.45, 2.75) is 69.9 Å². The van der Waals surface area contributed by atoms with Crippen LogP contribution in [0.2, 0.25) is 0 Å². The molecule has 8 nitrogen and oxygen atoms in total. The lowest BCUT2D eigenvalue weighted by Gasteiger charge is -2.50. The Morgan fingerprint density at radius 1 is 1.00 bits per heavy atom. The zero-order valence-electron chi connectivity index (χ0n) is 12.2. The Labute approximate surface area is 117 Å². The zero-order valence-corrected chi connectivity index (χ0v) is 12.2. The van der Waals surface area contributed by atoms with Crippen molar-refractivity contribution in [1.82, 2.24) is 0 Å². The molecule has 0 saturated heterocycles. The molecule has 8 heteroatoms. The molecular weight excluding hydrogens is 272 g/mol. The smallest absolute Gasteiger partial charge is 0.305 e. The lowest BCUT2D eigenvalue weighted by atomic mass is 9.69. The molecule has 0 radical (unpaired) electrons. The molecule has 0 saturated carbocycles. The summed E-state index contributed by atoms with van der Waals surface area (Å²) < 4.78 is 4.39. The summed E-state index contributed by atoms with van der Waals surface area (Å²) in [6.07, 6.45) is -5.39. The molecule has 0 fully saturated rings. The SMILES string of the molecule is CC(=O)OC(O)[C@](C)(O)[C@@](C)(O)[C@@](C)(O)[C@@H](O)C(C)O. The Morgan fingerprint density at radius 3 is 1.70 bits per heavy atom. The number of aliphatic hydroxyl groups excluding tert-OH is 3. The number of carbonyl (C=O) groups is 1. The summed E-state index contributed by atoms with van der Waals surface area (Å²) in [5.41, 5.74) is -7.45. The molecule has 0 heterocycles. The Morgan fingerprint density at radius 2 is 1.40 bits per heavy atom. The van der Waals surface area contributed by atoms with E-state index in [4.69, 9.17) is 0 Å². The Kier molecular flexibility index (Phi) is 5.69. The molecule has 120 valence electrons. The largest absolute Gasteiger partial charge is 0.433 e. The fourth-order valence-electron chi connectivity index (χ4n) is 1.78. The van der Waals surface area contributed by atoms with Gasteiger partial charge in [-0.1, -0.05) is 0 Å². The summed E-state index contributed by atoms with van der Waals surface area (Å²) >= 11 is 0. The van der Waals surface area contributed by atoms with Gasteiger partial charge in [-0.2, -0.15) is 0 Å². The third-order valence-electron chi connectivity index (χ3n) is 3.76. The highest BCUT2D eigenvalue weighted by Gasteiger charge is 2.61. The molecule has 0 aliphatic heterocycles. The second-order valence-electron chi connectivity index (χ2n) is 5.51. The minimum atomic E-state index is -2.52. The van der Waals surface area contributed by atoms with Crippen molar-refractivity contribution in [2.24, 2.45) is 0 Å². The first-order valence-electron chi connectivity index (χ1n) is 6.08. The summed E-state index contributed by atoms with van der Waals surface area (Å²) in [4.78, 5) is 10.8. The molecule has 0 aliphatic carbocycles. The van der Waals surface area contributed by atoms with Crippen LogP contribution in [0.3, 0.4) is 0 Å². The van der Waals surface area contributed by atoms with Gasteiger partial charge in [0.25, 0.3) is 0 Å². The number of hydrogen-bond acceptors (Lipinski definition) is 8. The first-order chi connectivity index (χ1) is 8.69. The van der Waals surface area contributed by atoms with Gasteiger partial charge in [-0.05, 0) is 27.7 Å². The van der Waals surface area contributed by atoms with Crippen molar-refractivity contribution < 1.29 is 40.2 Å². The highest BCUT2D eigenvalue weighted by molar-refractivity contribution is 5.66. The van der Waals surface area contributed by atoms with E-state index < -0.39 is 41.3 Å². The highest BCUT2D eigenvalue weighted by atomic mass is 16.6. The van der Waals surface area contributed by atoms with Gasteiger partial charge in [0.2, 0.25) is 6.29 Å². The maximum Gasteiger partial charge on any atom is 0.305 e. The average Bonchev–Trinajstić information content (AvgIpc) is 2.25. The third kappa shape index (κ3) is 3.27. The monoisotopic (exact) mass is 296 g/mol. The van der Waals surface area contributed by atoms with Gasteiger partial charge >= 0.3 is 5.97 Å². The predicted octanol–water partition coefficient (Wildman–Crippen LogP) is -2.14. The first-order valence-corrected chi connectivity index (χ1v) is 6.08. The van der Waals surface area contributed by atoms with E-state index in [1.54, 1.807) is 0 Å². The van der Waals surface area contributed by atoms with Crippen LogP contribution in [0.5, 0.6) is 0 Å². The van der Waals surface area contributed by atoms with E-state index in [9.17, 15) is 35.4 Å². The summed E-state index contributed by atoms with van der Waals surface area (Å²) in [7, 11) is 0. The molecule has 0 bridgehead atoms. The molecule has 0 rings (SSSR count). The van der Waals surface area contributed by atoms with Crippen LogP contribution in [0, 0.1) is 0 Å². The molecule has 0 amide bonds. The molecule has 20 heavy (non-hydrogen) atoms. The van der Waals surface area contributed by atoms with Crippen LogP contribution in [0.25, 0.3) is 0 Å². The Bertz CT molecular complexity index is 347. The van der Waals surface area contributed by atoms with E-state index in [0.29, 0.717) is 0 Å². The Hall–Kier alpha value is -0.770. The van der Waals surface area contributed by atoms with E-state index >= 15 is 0 Å². The van der Waals surface area contributed by atoms with E-state index in [-0.39, 0.29) is 0 Å². The van der Waals surface area contributed by atoms with Gasteiger partial charge < -0.3 is 35.4 Å². The van der Waals surface area contributed by atoms with Crippen LogP contribution in [0.15, 0.2) is 0 Å². The van der Waals surface area contributed by atoms with E-state index in [2.05, 4.69) is 4.74 Å². The Balaban J connectivity index is 5.53. The standard InChI is InChI=1S/C12H24O8/c1-6(13)8(15)10(3,17)12(5,19)11(4,18)9(16)20-7(2)14/h6,8-9,13,15-19H,1-5H3/t6?,8-,9?,10-,11-,12-/m0/s1. The average molecular weight is 296 g/mol. The van der Waals surface area contributed by atoms with Crippen molar-refractivity contribution >= 4 is 5.97 Å². The van der Waals surface area contributed by atoms with Crippen LogP contribution in [0.4, 0.5) is 0 Å². The molecule has 2 unspecified atom stereocenters. The van der Waals surface area contributed by atoms with E-state index in [0.717, 1.165) is 27.7 Å². The van der Waals surface area contributed by atoms with Gasteiger partial charge in [0.05, 0.1) is 6.10 Å². The van der Waals surface area contributed by atoms with Crippen LogP contribution < -0.4 is 0 Å². The van der Waals surface area contributed by atoms with E-state index in [1.807, 2.05) is 0 Å². The van der Waals surface area contributed by atoms with Gasteiger partial charge in [-0.15, -0.1) is 0 Å². The minimum Gasteiger partial charge on any atom is -0.433 e. The maximum absolute atomic E-state index is 10.8. The van der Waals surface area contributed by atoms with Gasteiger partial charge in [-0.3, -0.25) is 4.79 Å². The van der Waals surface area contributed by atoms with Crippen molar-refractivity contribution in [2.75, 3.05) is 0 Å². The quantitative estimate of drug-likeness (QED) is 0.240. The maximum atomic E-state index is 10.8. The van der Waals surface area contributed by atoms with Crippen molar-refractivity contribution in [3.8, 4) is 0 Å². The molecule has 6 atom stereocenters. The number of aliphatic hydroxyl groups is 6. The number of esters is 1. The molecule has 0 aromatic rings. The first kappa shape index (κ1) is 19.2. The molecule has 0 aromatic heterocycles. The number of hydrogen-bond donors (Lipinski definition) is 6. The fourth-order valence-corrected chi connectivity index (χ4v) is 1.78. The lowest BCUT2D eigenvalue weighted by molar-refractivity contribution is -0.314. The third-order valence-corrected chi connectivity index (χ3v) is 3.76. The summed E-state index contributed by atoms with van der Waals surface area (Å²) in [6.45, 7) is 4.98. The van der Waals surface area contributed by atoms with Gasteiger partial charge in [0.1, 0.15) is 17.3 Å². The lowest BCUT2D eigenvalue weighted by Crippen LogP contribution is -2.73. The summed E-state index contributed by atoms with van der Waals surface area (Å²) in [5.74, 6) is -0.913. The van der Waals surface area contributed by atoms with Gasteiger partial charge in [0.15, 0.2) is 5.60 Å². The fraction of sp³-hybridized carbons (Fsp3) is 0.917. The van der Waals surface area contributed by atoms with Crippen LogP contribution in [-0.2, 0) is 9.53 Å². The molecule has 0 aromatic carbocycles. The van der Waals surface area contributed by atoms with Crippen LogP contribution in [0.1, 0.15) is 34.6 Å². The molecule has 6 N–H and O–H groups in total. The van der Waals surface area contributed by atoms with Crippen LogP contribution in [-0.4, -0.2) is 71.9 Å². The molecule has 0 aliphatic rings. The number of ether oxygens (including phenoxy) is 1. The topological polar surface area (TPSA) is 148 Å². The summed E-state index contributed by atoms with van der Waals surface area (Å²) in [6, 6.07) is 0. The number of carbonyl (C=O) groups excluding carboxylic acids is 1. The second kappa shape index (κ2) is 5.92. The van der Waals surface area contributed by atoms with Crippen molar-refractivity contribution in [3.63, 3.8) is 0 Å². The normalized spacial score (nSPS) is 25.6. The molecule has 0 spiro atoms. The minimum absolute atomic E-state index is 0.913.